The number of carbonyl (C=O) groups is 1. The first-order valence-electron chi connectivity index (χ1n) is 5.11. The second-order valence-corrected chi connectivity index (χ2v) is 3.71. The summed E-state index contributed by atoms with van der Waals surface area (Å²) in [5.41, 5.74) is 2.25. The van der Waals surface area contributed by atoms with Crippen LogP contribution in [0.2, 0.25) is 0 Å². The lowest BCUT2D eigenvalue weighted by atomic mass is 10.1. The molecule has 1 N–H and O–H groups in total. The highest BCUT2D eigenvalue weighted by atomic mass is 19.1. The highest BCUT2D eigenvalue weighted by Crippen LogP contribution is 2.21. The minimum atomic E-state index is -0.265. The molecular formula is C12H16FNO. The van der Waals surface area contributed by atoms with E-state index < -0.39 is 0 Å². The van der Waals surface area contributed by atoms with Crippen molar-refractivity contribution in [2.75, 3.05) is 5.32 Å². The maximum absolute atomic E-state index is 13.0. The van der Waals surface area contributed by atoms with Crippen LogP contribution in [0.25, 0.3) is 0 Å². The van der Waals surface area contributed by atoms with Gasteiger partial charge in [0.15, 0.2) is 0 Å². The molecule has 0 unspecified atom stereocenters. The standard InChI is InChI=1S/C12H16FNO/c1-4-5-11(15)14-12-8(2)6-10(13)7-9(12)3/h6-7H,4-5H2,1-3H3,(H,14,15). The Morgan fingerprint density at radius 1 is 1.33 bits per heavy atom. The molecule has 0 spiro atoms. The number of hydrogen-bond donors (Lipinski definition) is 1. The van der Waals surface area contributed by atoms with Crippen molar-refractivity contribution in [2.45, 2.75) is 33.6 Å². The molecule has 0 atom stereocenters. The van der Waals surface area contributed by atoms with Gasteiger partial charge in [-0.25, -0.2) is 4.39 Å². The van der Waals surface area contributed by atoms with Crippen molar-refractivity contribution in [1.82, 2.24) is 0 Å². The van der Waals surface area contributed by atoms with E-state index in [0.717, 1.165) is 23.2 Å². The van der Waals surface area contributed by atoms with Crippen molar-refractivity contribution in [3.63, 3.8) is 0 Å². The zero-order chi connectivity index (χ0) is 11.4. The van der Waals surface area contributed by atoms with Crippen LogP contribution in [0.4, 0.5) is 10.1 Å². The molecule has 0 aromatic heterocycles. The van der Waals surface area contributed by atoms with Crippen LogP contribution in [0.5, 0.6) is 0 Å². The summed E-state index contributed by atoms with van der Waals surface area (Å²) in [4.78, 5) is 11.4. The van der Waals surface area contributed by atoms with E-state index in [2.05, 4.69) is 5.32 Å². The van der Waals surface area contributed by atoms with Crippen molar-refractivity contribution in [1.29, 1.82) is 0 Å². The van der Waals surface area contributed by atoms with Crippen LogP contribution in [0.1, 0.15) is 30.9 Å². The van der Waals surface area contributed by atoms with Gasteiger partial charge in [-0.15, -0.1) is 0 Å². The summed E-state index contributed by atoms with van der Waals surface area (Å²) in [5, 5.41) is 2.80. The third-order valence-electron chi connectivity index (χ3n) is 2.24. The van der Waals surface area contributed by atoms with E-state index in [4.69, 9.17) is 0 Å². The summed E-state index contributed by atoms with van der Waals surface area (Å²) < 4.78 is 13.0. The molecule has 0 fully saturated rings. The van der Waals surface area contributed by atoms with Gasteiger partial charge < -0.3 is 5.32 Å². The van der Waals surface area contributed by atoms with Crippen LogP contribution in [0.15, 0.2) is 12.1 Å². The van der Waals surface area contributed by atoms with Gasteiger partial charge in [-0.2, -0.15) is 0 Å². The first-order chi connectivity index (χ1) is 7.04. The number of hydrogen-bond acceptors (Lipinski definition) is 1. The second kappa shape index (κ2) is 4.91. The molecule has 0 aliphatic heterocycles. The lowest BCUT2D eigenvalue weighted by Gasteiger charge is -2.11. The fourth-order valence-corrected chi connectivity index (χ4v) is 1.54. The summed E-state index contributed by atoms with van der Waals surface area (Å²) in [7, 11) is 0. The number of carbonyl (C=O) groups excluding carboxylic acids is 1. The van der Waals surface area contributed by atoms with Gasteiger partial charge in [0, 0.05) is 12.1 Å². The number of anilines is 1. The average Bonchev–Trinajstić information content (AvgIpc) is 2.11. The van der Waals surface area contributed by atoms with Gasteiger partial charge in [-0.1, -0.05) is 6.92 Å². The molecule has 0 bridgehead atoms. The fourth-order valence-electron chi connectivity index (χ4n) is 1.54. The van der Waals surface area contributed by atoms with Gasteiger partial charge >= 0.3 is 0 Å². The molecule has 2 nitrogen and oxygen atoms in total. The van der Waals surface area contributed by atoms with Crippen molar-refractivity contribution in [3.8, 4) is 0 Å². The molecule has 0 saturated carbocycles. The zero-order valence-corrected chi connectivity index (χ0v) is 9.36. The van der Waals surface area contributed by atoms with Gasteiger partial charge in [0.25, 0.3) is 0 Å². The summed E-state index contributed by atoms with van der Waals surface area (Å²) in [6.45, 7) is 5.53. The van der Waals surface area contributed by atoms with E-state index >= 15 is 0 Å². The Hall–Kier alpha value is -1.38. The SMILES string of the molecule is CCCC(=O)Nc1c(C)cc(F)cc1C. The molecule has 1 rings (SSSR count). The van der Waals surface area contributed by atoms with E-state index in [-0.39, 0.29) is 11.7 Å². The first kappa shape index (κ1) is 11.7. The Bertz CT molecular complexity index is 351. The highest BCUT2D eigenvalue weighted by molar-refractivity contribution is 5.92. The number of nitrogens with one attached hydrogen (secondary N) is 1. The zero-order valence-electron chi connectivity index (χ0n) is 9.36. The molecule has 0 aliphatic carbocycles. The average molecular weight is 209 g/mol. The molecule has 0 aliphatic rings. The molecule has 1 aromatic rings. The maximum Gasteiger partial charge on any atom is 0.224 e. The number of benzene rings is 1. The van der Waals surface area contributed by atoms with Gasteiger partial charge in [0.2, 0.25) is 5.91 Å². The summed E-state index contributed by atoms with van der Waals surface area (Å²) >= 11 is 0. The predicted molar refractivity (Wildman–Crippen MR) is 59.4 cm³/mol. The number of halogens is 1. The summed E-state index contributed by atoms with van der Waals surface area (Å²) in [5.74, 6) is -0.284. The summed E-state index contributed by atoms with van der Waals surface area (Å²) in [6.07, 6.45) is 1.31. The van der Waals surface area contributed by atoms with Crippen LogP contribution in [-0.2, 0) is 4.79 Å². The van der Waals surface area contributed by atoms with Crippen molar-refractivity contribution in [3.05, 3.63) is 29.1 Å². The topological polar surface area (TPSA) is 29.1 Å². The minimum Gasteiger partial charge on any atom is -0.326 e. The lowest BCUT2D eigenvalue weighted by molar-refractivity contribution is -0.116. The molecule has 0 saturated heterocycles. The third-order valence-corrected chi connectivity index (χ3v) is 2.24. The molecule has 0 heterocycles. The molecular weight excluding hydrogens is 193 g/mol. The molecule has 1 aromatic carbocycles. The predicted octanol–water partition coefficient (Wildman–Crippen LogP) is 3.18. The minimum absolute atomic E-state index is 0.0182. The molecule has 1 amide bonds. The van der Waals surface area contributed by atoms with E-state index in [0.29, 0.717) is 6.42 Å². The van der Waals surface area contributed by atoms with Crippen molar-refractivity contribution in [2.24, 2.45) is 0 Å². The van der Waals surface area contributed by atoms with Crippen LogP contribution in [-0.4, -0.2) is 5.91 Å². The number of amides is 1. The van der Waals surface area contributed by atoms with Gasteiger partial charge in [-0.05, 0) is 43.5 Å². The van der Waals surface area contributed by atoms with Crippen LogP contribution >= 0.6 is 0 Å². The van der Waals surface area contributed by atoms with E-state index in [9.17, 15) is 9.18 Å². The van der Waals surface area contributed by atoms with Crippen molar-refractivity contribution >= 4 is 11.6 Å². The number of rotatable bonds is 3. The quantitative estimate of drug-likeness (QED) is 0.813. The lowest BCUT2D eigenvalue weighted by Crippen LogP contribution is -2.12. The Morgan fingerprint density at radius 2 is 1.87 bits per heavy atom. The molecule has 15 heavy (non-hydrogen) atoms. The normalized spacial score (nSPS) is 10.1. The molecule has 82 valence electrons. The van der Waals surface area contributed by atoms with E-state index in [1.807, 2.05) is 6.92 Å². The van der Waals surface area contributed by atoms with Gasteiger partial charge in [0.05, 0.1) is 0 Å². The largest absolute Gasteiger partial charge is 0.326 e. The van der Waals surface area contributed by atoms with Crippen LogP contribution in [0.3, 0.4) is 0 Å². The van der Waals surface area contributed by atoms with Crippen LogP contribution < -0.4 is 5.32 Å². The smallest absolute Gasteiger partial charge is 0.224 e. The van der Waals surface area contributed by atoms with E-state index in [1.54, 1.807) is 13.8 Å². The van der Waals surface area contributed by atoms with Crippen molar-refractivity contribution < 1.29 is 9.18 Å². The molecule has 3 heteroatoms. The Labute approximate surface area is 89.5 Å². The Balaban J connectivity index is 2.90. The fraction of sp³-hybridized carbons (Fsp3) is 0.417. The Morgan fingerprint density at radius 3 is 2.33 bits per heavy atom. The Kier molecular flexibility index (Phi) is 3.83. The summed E-state index contributed by atoms with van der Waals surface area (Å²) in [6, 6.07) is 2.85. The second-order valence-electron chi connectivity index (χ2n) is 3.71. The monoisotopic (exact) mass is 209 g/mol. The van der Waals surface area contributed by atoms with E-state index in [1.165, 1.54) is 12.1 Å². The number of aryl methyl sites for hydroxylation is 2. The highest BCUT2D eigenvalue weighted by Gasteiger charge is 2.08. The van der Waals surface area contributed by atoms with Gasteiger partial charge in [-0.3, -0.25) is 4.79 Å². The first-order valence-corrected chi connectivity index (χ1v) is 5.11. The third kappa shape index (κ3) is 3.05. The maximum atomic E-state index is 13.0. The van der Waals surface area contributed by atoms with Gasteiger partial charge in [0.1, 0.15) is 5.82 Å². The molecule has 0 radical (unpaired) electrons. The van der Waals surface area contributed by atoms with Crippen LogP contribution in [0, 0.1) is 19.7 Å².